The van der Waals surface area contributed by atoms with Crippen molar-refractivity contribution in [1.29, 1.82) is 0 Å². The molecule has 2 rings (SSSR count). The van der Waals surface area contributed by atoms with Crippen molar-refractivity contribution < 1.29 is 23.8 Å². The number of ether oxygens (including phenoxy) is 3. The summed E-state index contributed by atoms with van der Waals surface area (Å²) in [5.41, 5.74) is 0.497. The summed E-state index contributed by atoms with van der Waals surface area (Å²) < 4.78 is 15.4. The molecule has 6 nitrogen and oxygen atoms in total. The lowest BCUT2D eigenvalue weighted by Crippen LogP contribution is -2.35. The molecule has 1 aromatic carbocycles. The smallest absolute Gasteiger partial charge is 0.307 e. The molecule has 0 heterocycles. The largest absolute Gasteiger partial charge is 0.497 e. The van der Waals surface area contributed by atoms with Gasteiger partial charge >= 0.3 is 5.97 Å². The summed E-state index contributed by atoms with van der Waals surface area (Å²) in [6.45, 7) is 2.48. The topological polar surface area (TPSA) is 65.1 Å². The van der Waals surface area contributed by atoms with Crippen LogP contribution in [0.1, 0.15) is 36.5 Å². The van der Waals surface area contributed by atoms with Crippen molar-refractivity contribution in [2.24, 2.45) is 0 Å². The average Bonchev–Trinajstić information content (AvgIpc) is 3.39. The van der Waals surface area contributed by atoms with Gasteiger partial charge in [-0.05, 0) is 31.9 Å². The quantitative estimate of drug-likeness (QED) is 0.687. The molecule has 0 bridgehead atoms. The third kappa shape index (κ3) is 4.61. The molecule has 0 aromatic heterocycles. The van der Waals surface area contributed by atoms with Gasteiger partial charge in [0.05, 0.1) is 27.2 Å². The van der Waals surface area contributed by atoms with E-state index >= 15 is 0 Å². The molecule has 6 heteroatoms. The second-order valence-electron chi connectivity index (χ2n) is 5.39. The number of methoxy groups -OCH3 is 2. The van der Waals surface area contributed by atoms with Gasteiger partial charge in [0.2, 0.25) is 0 Å². The second kappa shape index (κ2) is 7.85. The van der Waals surface area contributed by atoms with Crippen molar-refractivity contribution in [3.8, 4) is 11.5 Å². The molecule has 0 saturated heterocycles. The Morgan fingerprint density at radius 2 is 1.74 bits per heavy atom. The molecule has 1 aliphatic rings. The Morgan fingerprint density at radius 1 is 1.13 bits per heavy atom. The van der Waals surface area contributed by atoms with Gasteiger partial charge in [-0.15, -0.1) is 0 Å². The lowest BCUT2D eigenvalue weighted by Gasteiger charge is -2.22. The van der Waals surface area contributed by atoms with Crippen LogP contribution < -0.4 is 9.47 Å². The van der Waals surface area contributed by atoms with E-state index in [0.717, 1.165) is 12.8 Å². The van der Waals surface area contributed by atoms with E-state index in [1.807, 2.05) is 0 Å². The number of hydrogen-bond donors (Lipinski definition) is 0. The van der Waals surface area contributed by atoms with Gasteiger partial charge in [0, 0.05) is 24.2 Å². The third-order valence-electron chi connectivity index (χ3n) is 3.71. The van der Waals surface area contributed by atoms with Crippen molar-refractivity contribution in [3.63, 3.8) is 0 Å². The second-order valence-corrected chi connectivity index (χ2v) is 5.39. The Bertz CT molecular complexity index is 546. The standard InChI is InChI=1S/C17H23NO5/c1-4-23-16(19)7-8-18(13-5-6-13)17(20)12-9-14(21-2)11-15(10-12)22-3/h9-11,13H,4-8H2,1-3H3. The lowest BCUT2D eigenvalue weighted by molar-refractivity contribution is -0.143. The van der Waals surface area contributed by atoms with Crippen LogP contribution >= 0.6 is 0 Å². The third-order valence-corrected chi connectivity index (χ3v) is 3.71. The number of esters is 1. The summed E-state index contributed by atoms with van der Waals surface area (Å²) in [4.78, 5) is 26.1. The molecule has 0 aliphatic heterocycles. The summed E-state index contributed by atoms with van der Waals surface area (Å²) >= 11 is 0. The summed E-state index contributed by atoms with van der Waals surface area (Å²) in [5, 5.41) is 0. The van der Waals surface area contributed by atoms with Crippen molar-refractivity contribution in [2.75, 3.05) is 27.4 Å². The fourth-order valence-corrected chi connectivity index (χ4v) is 2.38. The van der Waals surface area contributed by atoms with Gasteiger partial charge in [-0.3, -0.25) is 9.59 Å². The maximum atomic E-state index is 12.8. The van der Waals surface area contributed by atoms with Crippen molar-refractivity contribution in [3.05, 3.63) is 23.8 Å². The van der Waals surface area contributed by atoms with E-state index in [4.69, 9.17) is 14.2 Å². The molecule has 0 radical (unpaired) electrons. The highest BCUT2D eigenvalue weighted by Gasteiger charge is 2.33. The SMILES string of the molecule is CCOC(=O)CCN(C(=O)c1cc(OC)cc(OC)c1)C1CC1. The van der Waals surface area contributed by atoms with Gasteiger partial charge in [-0.25, -0.2) is 0 Å². The highest BCUT2D eigenvalue weighted by atomic mass is 16.5. The molecule has 126 valence electrons. The first-order chi connectivity index (χ1) is 11.1. The monoisotopic (exact) mass is 321 g/mol. The zero-order valence-electron chi connectivity index (χ0n) is 13.8. The molecule has 1 aromatic rings. The van der Waals surface area contributed by atoms with E-state index in [-0.39, 0.29) is 24.3 Å². The highest BCUT2D eigenvalue weighted by molar-refractivity contribution is 5.95. The van der Waals surface area contributed by atoms with Gasteiger partial charge in [0.1, 0.15) is 11.5 Å². The van der Waals surface area contributed by atoms with Gasteiger partial charge in [-0.1, -0.05) is 0 Å². The minimum Gasteiger partial charge on any atom is -0.497 e. The first kappa shape index (κ1) is 17.1. The average molecular weight is 321 g/mol. The van der Waals surface area contributed by atoms with Crippen LogP contribution in [0.15, 0.2) is 18.2 Å². The van der Waals surface area contributed by atoms with Crippen LogP contribution in [0.4, 0.5) is 0 Å². The van der Waals surface area contributed by atoms with Gasteiger partial charge in [0.25, 0.3) is 5.91 Å². The number of hydrogen-bond acceptors (Lipinski definition) is 5. The Morgan fingerprint density at radius 3 is 2.22 bits per heavy atom. The predicted molar refractivity (Wildman–Crippen MR) is 84.9 cm³/mol. The van der Waals surface area contributed by atoms with Crippen LogP contribution in [0.3, 0.4) is 0 Å². The van der Waals surface area contributed by atoms with Gasteiger partial charge in [0.15, 0.2) is 0 Å². The zero-order chi connectivity index (χ0) is 16.8. The zero-order valence-corrected chi connectivity index (χ0v) is 13.8. The summed E-state index contributed by atoms with van der Waals surface area (Å²) in [5.74, 6) is 0.728. The van der Waals surface area contributed by atoms with Crippen molar-refractivity contribution in [1.82, 2.24) is 4.90 Å². The normalized spacial score (nSPS) is 13.3. The Hall–Kier alpha value is -2.24. The molecule has 0 N–H and O–H groups in total. The number of carbonyl (C=O) groups excluding carboxylic acids is 2. The maximum absolute atomic E-state index is 12.8. The molecule has 0 unspecified atom stereocenters. The van der Waals surface area contributed by atoms with Crippen LogP contribution in [-0.4, -0.2) is 50.2 Å². The number of amides is 1. The minimum absolute atomic E-state index is 0.117. The number of carbonyl (C=O) groups is 2. The first-order valence-electron chi connectivity index (χ1n) is 7.78. The Labute approximate surface area is 136 Å². The number of rotatable bonds is 8. The van der Waals surface area contributed by atoms with E-state index in [0.29, 0.717) is 30.2 Å². The number of benzene rings is 1. The molecule has 0 atom stereocenters. The molecule has 0 spiro atoms. The predicted octanol–water partition coefficient (Wildman–Crippen LogP) is 2.26. The van der Waals surface area contributed by atoms with E-state index in [9.17, 15) is 9.59 Å². The Balaban J connectivity index is 2.13. The molecular formula is C17H23NO5. The van der Waals surface area contributed by atoms with E-state index in [1.165, 1.54) is 0 Å². The molecular weight excluding hydrogens is 298 g/mol. The van der Waals surface area contributed by atoms with E-state index < -0.39 is 0 Å². The van der Waals surface area contributed by atoms with Crippen LogP contribution in [0.25, 0.3) is 0 Å². The molecule has 1 aliphatic carbocycles. The van der Waals surface area contributed by atoms with Crippen LogP contribution in [-0.2, 0) is 9.53 Å². The molecule has 23 heavy (non-hydrogen) atoms. The first-order valence-corrected chi connectivity index (χ1v) is 7.78. The lowest BCUT2D eigenvalue weighted by atomic mass is 10.1. The summed E-state index contributed by atoms with van der Waals surface area (Å²) in [6.07, 6.45) is 2.14. The van der Waals surface area contributed by atoms with E-state index in [1.54, 1.807) is 44.2 Å². The summed E-state index contributed by atoms with van der Waals surface area (Å²) in [7, 11) is 3.09. The van der Waals surface area contributed by atoms with Crippen molar-refractivity contribution in [2.45, 2.75) is 32.2 Å². The fraction of sp³-hybridized carbons (Fsp3) is 0.529. The molecule has 1 amide bonds. The highest BCUT2D eigenvalue weighted by Crippen LogP contribution is 2.30. The van der Waals surface area contributed by atoms with Gasteiger partial charge < -0.3 is 19.1 Å². The summed E-state index contributed by atoms with van der Waals surface area (Å²) in [6, 6.07) is 5.29. The Kier molecular flexibility index (Phi) is 5.84. The van der Waals surface area contributed by atoms with Crippen LogP contribution in [0.5, 0.6) is 11.5 Å². The van der Waals surface area contributed by atoms with Gasteiger partial charge in [-0.2, -0.15) is 0 Å². The number of nitrogens with zero attached hydrogens (tertiary/aromatic N) is 1. The fourth-order valence-electron chi connectivity index (χ4n) is 2.38. The van der Waals surface area contributed by atoms with Crippen LogP contribution in [0, 0.1) is 0 Å². The minimum atomic E-state index is -0.283. The maximum Gasteiger partial charge on any atom is 0.307 e. The van der Waals surface area contributed by atoms with Crippen LogP contribution in [0.2, 0.25) is 0 Å². The molecule has 1 saturated carbocycles. The molecule has 1 fully saturated rings. The van der Waals surface area contributed by atoms with Crippen molar-refractivity contribution >= 4 is 11.9 Å². The van der Waals surface area contributed by atoms with E-state index in [2.05, 4.69) is 0 Å².